The fourth-order valence-corrected chi connectivity index (χ4v) is 2.03. The molecule has 0 bridgehead atoms. The molecule has 1 aromatic carbocycles. The Kier molecular flexibility index (Phi) is 1.89. The maximum Gasteiger partial charge on any atom is 0.181 e. The standard InChI is InChI=1S/C12H9FN2O/c13-9-2-1-3-10(6-9)15-12-8(7-14-15)4-5-11(12)16/h1-3,6-7H,4-5H2. The zero-order valence-corrected chi connectivity index (χ0v) is 8.48. The van der Waals surface area contributed by atoms with Crippen LogP contribution >= 0.6 is 0 Å². The van der Waals surface area contributed by atoms with E-state index in [9.17, 15) is 9.18 Å². The van der Waals surface area contributed by atoms with Crippen molar-refractivity contribution in [3.63, 3.8) is 0 Å². The molecule has 4 heteroatoms. The lowest BCUT2D eigenvalue weighted by Crippen LogP contribution is -2.06. The van der Waals surface area contributed by atoms with Gasteiger partial charge in [0.15, 0.2) is 5.78 Å². The topological polar surface area (TPSA) is 34.9 Å². The van der Waals surface area contributed by atoms with Gasteiger partial charge in [0.05, 0.1) is 11.9 Å². The van der Waals surface area contributed by atoms with Crippen LogP contribution in [0.4, 0.5) is 4.39 Å². The number of aromatic nitrogens is 2. The highest BCUT2D eigenvalue weighted by molar-refractivity contribution is 5.99. The Hall–Kier alpha value is -1.97. The van der Waals surface area contributed by atoms with E-state index in [2.05, 4.69) is 5.10 Å². The van der Waals surface area contributed by atoms with Crippen LogP contribution in [0.5, 0.6) is 0 Å². The van der Waals surface area contributed by atoms with Crippen molar-refractivity contribution in [2.45, 2.75) is 12.8 Å². The molecule has 0 amide bonds. The van der Waals surface area contributed by atoms with E-state index in [0.717, 1.165) is 12.0 Å². The summed E-state index contributed by atoms with van der Waals surface area (Å²) in [5, 5.41) is 4.13. The van der Waals surface area contributed by atoms with E-state index in [1.54, 1.807) is 18.3 Å². The second-order valence-corrected chi connectivity index (χ2v) is 3.83. The molecule has 80 valence electrons. The smallest absolute Gasteiger partial charge is 0.181 e. The Bertz CT molecular complexity index is 574. The van der Waals surface area contributed by atoms with Gasteiger partial charge in [-0.1, -0.05) is 6.07 Å². The van der Waals surface area contributed by atoms with E-state index in [1.807, 2.05) is 0 Å². The quantitative estimate of drug-likeness (QED) is 0.732. The molecular formula is C12H9FN2O. The lowest BCUT2D eigenvalue weighted by atomic mass is 10.2. The fourth-order valence-electron chi connectivity index (χ4n) is 2.03. The molecule has 3 rings (SSSR count). The number of rotatable bonds is 1. The molecule has 3 nitrogen and oxygen atoms in total. The number of halogens is 1. The number of nitrogens with zero attached hydrogens (tertiary/aromatic N) is 2. The van der Waals surface area contributed by atoms with Crippen LogP contribution in [-0.2, 0) is 6.42 Å². The average molecular weight is 216 g/mol. The molecule has 1 aliphatic rings. The van der Waals surface area contributed by atoms with E-state index in [-0.39, 0.29) is 11.6 Å². The van der Waals surface area contributed by atoms with Gasteiger partial charge in [-0.3, -0.25) is 4.79 Å². The minimum absolute atomic E-state index is 0.0803. The minimum atomic E-state index is -0.327. The van der Waals surface area contributed by atoms with Gasteiger partial charge in [-0.25, -0.2) is 9.07 Å². The van der Waals surface area contributed by atoms with Crippen LogP contribution in [0.2, 0.25) is 0 Å². The number of hydrogen-bond donors (Lipinski definition) is 0. The van der Waals surface area contributed by atoms with Crippen LogP contribution in [0.25, 0.3) is 5.69 Å². The fraction of sp³-hybridized carbons (Fsp3) is 0.167. The summed E-state index contributed by atoms with van der Waals surface area (Å²) in [7, 11) is 0. The lowest BCUT2D eigenvalue weighted by molar-refractivity contribution is 0.0987. The van der Waals surface area contributed by atoms with Crippen molar-refractivity contribution in [3.8, 4) is 5.69 Å². The van der Waals surface area contributed by atoms with Gasteiger partial charge in [0.2, 0.25) is 0 Å². The number of hydrogen-bond acceptors (Lipinski definition) is 2. The summed E-state index contributed by atoms with van der Waals surface area (Å²) in [6.45, 7) is 0. The molecule has 0 N–H and O–H groups in total. The first-order valence-corrected chi connectivity index (χ1v) is 5.12. The Balaban J connectivity index is 2.18. The van der Waals surface area contributed by atoms with E-state index >= 15 is 0 Å². The van der Waals surface area contributed by atoms with Gasteiger partial charge in [-0.15, -0.1) is 0 Å². The van der Waals surface area contributed by atoms with Crippen molar-refractivity contribution < 1.29 is 9.18 Å². The first kappa shape index (κ1) is 9.27. The first-order chi connectivity index (χ1) is 7.75. The van der Waals surface area contributed by atoms with Gasteiger partial charge in [0, 0.05) is 12.0 Å². The number of aryl methyl sites for hydroxylation is 1. The van der Waals surface area contributed by atoms with Crippen LogP contribution in [0.1, 0.15) is 22.5 Å². The number of fused-ring (bicyclic) bond motifs is 1. The molecule has 2 aromatic rings. The molecule has 0 fully saturated rings. The maximum atomic E-state index is 13.1. The molecule has 1 aliphatic carbocycles. The minimum Gasteiger partial charge on any atom is -0.292 e. The number of carbonyl (C=O) groups excluding carboxylic acids is 1. The van der Waals surface area contributed by atoms with Gasteiger partial charge in [-0.2, -0.15) is 5.10 Å². The van der Waals surface area contributed by atoms with E-state index < -0.39 is 0 Å². The van der Waals surface area contributed by atoms with Crippen LogP contribution in [0.3, 0.4) is 0 Å². The van der Waals surface area contributed by atoms with Gasteiger partial charge in [-0.05, 0) is 24.6 Å². The highest BCUT2D eigenvalue weighted by Gasteiger charge is 2.25. The number of ketones is 1. The molecule has 0 unspecified atom stereocenters. The molecule has 16 heavy (non-hydrogen) atoms. The second kappa shape index (κ2) is 3.27. The Morgan fingerprint density at radius 1 is 1.31 bits per heavy atom. The highest BCUT2D eigenvalue weighted by Crippen LogP contribution is 2.24. The van der Waals surface area contributed by atoms with Crippen molar-refractivity contribution in [2.75, 3.05) is 0 Å². The zero-order chi connectivity index (χ0) is 11.1. The predicted octanol–water partition coefficient (Wildman–Crippen LogP) is 2.14. The Labute approximate surface area is 91.5 Å². The van der Waals surface area contributed by atoms with Crippen LogP contribution in [-0.4, -0.2) is 15.6 Å². The molecule has 1 aromatic heterocycles. The molecule has 0 atom stereocenters. The summed E-state index contributed by atoms with van der Waals surface area (Å²) in [5.41, 5.74) is 2.15. The van der Waals surface area contributed by atoms with Crippen LogP contribution in [0, 0.1) is 5.82 Å². The van der Waals surface area contributed by atoms with Gasteiger partial charge < -0.3 is 0 Å². The summed E-state index contributed by atoms with van der Waals surface area (Å²) in [6.07, 6.45) is 2.96. The summed E-state index contributed by atoms with van der Waals surface area (Å²) >= 11 is 0. The zero-order valence-electron chi connectivity index (χ0n) is 8.48. The first-order valence-electron chi connectivity index (χ1n) is 5.12. The van der Waals surface area contributed by atoms with Crippen molar-refractivity contribution in [2.24, 2.45) is 0 Å². The van der Waals surface area contributed by atoms with E-state index in [4.69, 9.17) is 0 Å². The number of benzene rings is 1. The molecule has 0 aliphatic heterocycles. The predicted molar refractivity (Wildman–Crippen MR) is 56.2 cm³/mol. The summed E-state index contributed by atoms with van der Waals surface area (Å²) in [5.74, 6) is -0.246. The van der Waals surface area contributed by atoms with E-state index in [1.165, 1.54) is 16.8 Å². The Morgan fingerprint density at radius 3 is 3.00 bits per heavy atom. The van der Waals surface area contributed by atoms with Crippen molar-refractivity contribution in [1.82, 2.24) is 9.78 Å². The summed E-state index contributed by atoms with van der Waals surface area (Å²) in [6, 6.07) is 6.09. The molecule has 0 saturated heterocycles. The highest BCUT2D eigenvalue weighted by atomic mass is 19.1. The molecule has 0 saturated carbocycles. The van der Waals surface area contributed by atoms with Gasteiger partial charge >= 0.3 is 0 Å². The Morgan fingerprint density at radius 2 is 2.19 bits per heavy atom. The van der Waals surface area contributed by atoms with Crippen molar-refractivity contribution >= 4 is 5.78 Å². The lowest BCUT2D eigenvalue weighted by Gasteiger charge is -2.04. The van der Waals surface area contributed by atoms with E-state index in [0.29, 0.717) is 17.8 Å². The van der Waals surface area contributed by atoms with Gasteiger partial charge in [0.1, 0.15) is 11.5 Å². The largest absolute Gasteiger partial charge is 0.292 e. The molecule has 1 heterocycles. The third-order valence-electron chi connectivity index (χ3n) is 2.78. The monoisotopic (exact) mass is 216 g/mol. The maximum absolute atomic E-state index is 13.1. The average Bonchev–Trinajstić information content (AvgIpc) is 2.82. The number of carbonyl (C=O) groups is 1. The third kappa shape index (κ3) is 1.26. The van der Waals surface area contributed by atoms with Gasteiger partial charge in [0.25, 0.3) is 0 Å². The van der Waals surface area contributed by atoms with Crippen molar-refractivity contribution in [3.05, 3.63) is 47.5 Å². The summed E-state index contributed by atoms with van der Waals surface area (Å²) < 4.78 is 14.6. The molecule has 0 radical (unpaired) electrons. The summed E-state index contributed by atoms with van der Waals surface area (Å²) in [4.78, 5) is 11.7. The van der Waals surface area contributed by atoms with Crippen molar-refractivity contribution in [1.29, 1.82) is 0 Å². The molecule has 0 spiro atoms. The third-order valence-corrected chi connectivity index (χ3v) is 2.78. The SMILES string of the molecule is O=C1CCc2cnn(-c3cccc(F)c3)c21. The molecular weight excluding hydrogens is 207 g/mol. The van der Waals surface area contributed by atoms with Crippen LogP contribution < -0.4 is 0 Å². The normalized spacial score (nSPS) is 14.2. The van der Waals surface area contributed by atoms with Crippen LogP contribution in [0.15, 0.2) is 30.5 Å². The number of Topliss-reactive ketones (excluding diaryl/α,β-unsaturated/α-hetero) is 1. The second-order valence-electron chi connectivity index (χ2n) is 3.83.